The first-order chi connectivity index (χ1) is 10.7. The maximum Gasteiger partial charge on any atom is 0.354 e. The predicted octanol–water partition coefficient (Wildman–Crippen LogP) is 2.62. The second kappa shape index (κ2) is 5.60. The smallest absolute Gasteiger partial charge is 0.334 e. The number of aromatic nitrogens is 4. The fraction of sp³-hybridized carbons (Fsp3) is 0.0714. The van der Waals surface area contributed by atoms with Crippen LogP contribution in [0.4, 0.5) is 17.2 Å². The average molecular weight is 296 g/mol. The van der Waals surface area contributed by atoms with Crippen LogP contribution in [0.5, 0.6) is 0 Å². The Hall–Kier alpha value is -3.29. The van der Waals surface area contributed by atoms with Gasteiger partial charge in [-0.15, -0.1) is 0 Å². The van der Waals surface area contributed by atoms with Gasteiger partial charge in [-0.2, -0.15) is 0 Å². The number of hydrogen-bond acceptors (Lipinski definition) is 6. The Balaban J connectivity index is 2.10. The molecule has 0 atom stereocenters. The zero-order valence-electron chi connectivity index (χ0n) is 11.7. The first-order valence-corrected chi connectivity index (χ1v) is 6.47. The van der Waals surface area contributed by atoms with Gasteiger partial charge >= 0.3 is 5.69 Å². The summed E-state index contributed by atoms with van der Waals surface area (Å²) in [5, 5.41) is 14.5. The van der Waals surface area contributed by atoms with Crippen molar-refractivity contribution in [3.63, 3.8) is 0 Å². The fourth-order valence-electron chi connectivity index (χ4n) is 2.04. The molecule has 0 bridgehead atoms. The van der Waals surface area contributed by atoms with Crippen LogP contribution in [0.15, 0.2) is 49.3 Å². The number of benzene rings is 1. The first kappa shape index (κ1) is 13.7. The highest BCUT2D eigenvalue weighted by Crippen LogP contribution is 2.30. The Kier molecular flexibility index (Phi) is 3.48. The van der Waals surface area contributed by atoms with Crippen molar-refractivity contribution < 1.29 is 4.92 Å². The number of nitrogens with one attached hydrogen (secondary N) is 1. The zero-order chi connectivity index (χ0) is 15.5. The van der Waals surface area contributed by atoms with Crippen molar-refractivity contribution in [2.45, 2.75) is 6.92 Å². The SMILES string of the molecule is Cc1ccccc1Nc1ncnc(-n2ccnc2)c1[N+](=O)[O-]. The molecule has 0 saturated heterocycles. The molecule has 0 fully saturated rings. The van der Waals surface area contributed by atoms with E-state index < -0.39 is 4.92 Å². The number of nitro groups is 1. The van der Waals surface area contributed by atoms with Gasteiger partial charge in [-0.25, -0.2) is 15.0 Å². The number of hydrogen-bond donors (Lipinski definition) is 1. The van der Waals surface area contributed by atoms with Crippen LogP contribution in [0.1, 0.15) is 5.56 Å². The minimum Gasteiger partial charge on any atom is -0.334 e. The molecule has 0 spiro atoms. The van der Waals surface area contributed by atoms with E-state index in [2.05, 4.69) is 20.3 Å². The summed E-state index contributed by atoms with van der Waals surface area (Å²) < 4.78 is 1.48. The van der Waals surface area contributed by atoms with Gasteiger partial charge < -0.3 is 5.32 Å². The van der Waals surface area contributed by atoms with Crippen LogP contribution >= 0.6 is 0 Å². The van der Waals surface area contributed by atoms with Crippen molar-refractivity contribution in [1.29, 1.82) is 0 Å². The molecule has 110 valence electrons. The minimum absolute atomic E-state index is 0.137. The normalized spacial score (nSPS) is 10.4. The van der Waals surface area contributed by atoms with E-state index >= 15 is 0 Å². The van der Waals surface area contributed by atoms with Crippen molar-refractivity contribution in [3.8, 4) is 5.82 Å². The Bertz CT molecular complexity index is 816. The van der Waals surface area contributed by atoms with E-state index in [-0.39, 0.29) is 17.3 Å². The van der Waals surface area contributed by atoms with Crippen LogP contribution in [0.2, 0.25) is 0 Å². The van der Waals surface area contributed by atoms with Crippen LogP contribution in [-0.4, -0.2) is 24.4 Å². The third-order valence-corrected chi connectivity index (χ3v) is 3.13. The van der Waals surface area contributed by atoms with E-state index in [1.54, 1.807) is 6.20 Å². The van der Waals surface area contributed by atoms with Crippen LogP contribution in [0, 0.1) is 17.0 Å². The van der Waals surface area contributed by atoms with Gasteiger partial charge in [-0.1, -0.05) is 18.2 Å². The van der Waals surface area contributed by atoms with Crippen molar-refractivity contribution in [2.75, 3.05) is 5.32 Å². The van der Waals surface area contributed by atoms with E-state index in [4.69, 9.17) is 0 Å². The molecule has 0 aliphatic rings. The van der Waals surface area contributed by atoms with Gasteiger partial charge in [0.15, 0.2) is 0 Å². The monoisotopic (exact) mass is 296 g/mol. The number of para-hydroxylation sites is 1. The Morgan fingerprint density at radius 1 is 1.27 bits per heavy atom. The molecule has 0 saturated carbocycles. The highest BCUT2D eigenvalue weighted by atomic mass is 16.6. The molecule has 3 rings (SSSR count). The lowest BCUT2D eigenvalue weighted by atomic mass is 10.2. The second-order valence-electron chi connectivity index (χ2n) is 4.56. The number of nitrogens with zero attached hydrogens (tertiary/aromatic N) is 5. The largest absolute Gasteiger partial charge is 0.354 e. The van der Waals surface area contributed by atoms with E-state index in [1.807, 2.05) is 31.2 Å². The number of rotatable bonds is 4. The molecular formula is C14H12N6O2. The molecule has 0 unspecified atom stereocenters. The molecule has 0 aliphatic heterocycles. The summed E-state index contributed by atoms with van der Waals surface area (Å²) in [5.74, 6) is 0.298. The van der Waals surface area contributed by atoms with Crippen molar-refractivity contribution in [3.05, 3.63) is 65.0 Å². The highest BCUT2D eigenvalue weighted by molar-refractivity contribution is 5.71. The standard InChI is InChI=1S/C14H12N6O2/c1-10-4-2-3-5-11(10)18-13-12(20(21)22)14(17-8-16-13)19-7-6-15-9-19/h2-9H,1H3,(H,16,17,18). The van der Waals surface area contributed by atoms with Gasteiger partial charge in [-0.05, 0) is 18.6 Å². The van der Waals surface area contributed by atoms with Gasteiger partial charge in [-0.3, -0.25) is 14.7 Å². The molecule has 22 heavy (non-hydrogen) atoms. The van der Waals surface area contributed by atoms with Gasteiger partial charge in [0.25, 0.3) is 0 Å². The molecular weight excluding hydrogens is 284 g/mol. The summed E-state index contributed by atoms with van der Waals surface area (Å²) in [6.07, 6.45) is 5.85. The van der Waals surface area contributed by atoms with Crippen LogP contribution in [-0.2, 0) is 0 Å². The quantitative estimate of drug-likeness (QED) is 0.587. The summed E-state index contributed by atoms with van der Waals surface area (Å²) in [6.45, 7) is 1.91. The molecule has 0 amide bonds. The van der Waals surface area contributed by atoms with Gasteiger partial charge in [0, 0.05) is 18.1 Å². The van der Waals surface area contributed by atoms with Crippen molar-refractivity contribution in [1.82, 2.24) is 19.5 Å². The lowest BCUT2D eigenvalue weighted by Gasteiger charge is -2.10. The summed E-state index contributed by atoms with van der Waals surface area (Å²) in [7, 11) is 0. The minimum atomic E-state index is -0.504. The second-order valence-corrected chi connectivity index (χ2v) is 4.56. The lowest BCUT2D eigenvalue weighted by Crippen LogP contribution is -2.07. The van der Waals surface area contributed by atoms with Gasteiger partial charge in [0.1, 0.15) is 12.7 Å². The zero-order valence-corrected chi connectivity index (χ0v) is 11.7. The third kappa shape index (κ3) is 2.49. The summed E-state index contributed by atoms with van der Waals surface area (Å²) in [6, 6.07) is 7.48. The van der Waals surface area contributed by atoms with Crippen LogP contribution in [0.3, 0.4) is 0 Å². The Morgan fingerprint density at radius 3 is 2.77 bits per heavy atom. The summed E-state index contributed by atoms with van der Waals surface area (Å²) in [4.78, 5) is 22.9. The van der Waals surface area contributed by atoms with Crippen LogP contribution in [0.25, 0.3) is 5.82 Å². The predicted molar refractivity (Wildman–Crippen MR) is 80.3 cm³/mol. The summed E-state index contributed by atoms with van der Waals surface area (Å²) in [5.41, 5.74) is 1.50. The number of imidazole rings is 1. The first-order valence-electron chi connectivity index (χ1n) is 6.47. The summed E-state index contributed by atoms with van der Waals surface area (Å²) >= 11 is 0. The Morgan fingerprint density at radius 2 is 2.09 bits per heavy atom. The van der Waals surface area contributed by atoms with E-state index in [0.29, 0.717) is 0 Å². The Labute approximate surface area is 125 Å². The molecule has 0 radical (unpaired) electrons. The van der Waals surface area contributed by atoms with Crippen molar-refractivity contribution >= 4 is 17.2 Å². The fourth-order valence-corrected chi connectivity index (χ4v) is 2.04. The average Bonchev–Trinajstić information content (AvgIpc) is 3.03. The molecule has 1 N–H and O–H groups in total. The van der Waals surface area contributed by atoms with Gasteiger partial charge in [0.05, 0.1) is 4.92 Å². The van der Waals surface area contributed by atoms with E-state index in [0.717, 1.165) is 11.3 Å². The van der Waals surface area contributed by atoms with Crippen molar-refractivity contribution in [2.24, 2.45) is 0 Å². The van der Waals surface area contributed by atoms with Crippen LogP contribution < -0.4 is 5.32 Å². The maximum absolute atomic E-state index is 11.5. The molecule has 3 aromatic rings. The lowest BCUT2D eigenvalue weighted by molar-refractivity contribution is -0.384. The third-order valence-electron chi connectivity index (χ3n) is 3.13. The number of aryl methyl sites for hydroxylation is 1. The topological polar surface area (TPSA) is 98.8 Å². The highest BCUT2D eigenvalue weighted by Gasteiger charge is 2.24. The maximum atomic E-state index is 11.5. The molecule has 8 heteroatoms. The molecule has 0 aliphatic carbocycles. The molecule has 1 aromatic carbocycles. The molecule has 2 heterocycles. The molecule has 2 aromatic heterocycles. The van der Waals surface area contributed by atoms with E-state index in [1.165, 1.54) is 23.4 Å². The van der Waals surface area contributed by atoms with Gasteiger partial charge in [0.2, 0.25) is 11.6 Å². The number of anilines is 2. The molecule has 8 nitrogen and oxygen atoms in total. The van der Waals surface area contributed by atoms with E-state index in [9.17, 15) is 10.1 Å².